The number of ether oxygens (including phenoxy) is 22. The molecule has 0 radical (unpaired) electrons. The third-order valence-electron chi connectivity index (χ3n) is 24.4. The van der Waals surface area contributed by atoms with E-state index in [4.69, 9.17) is 104 Å². The maximum atomic E-state index is 12.7. The molecule has 8 N–H and O–H groups in total. The summed E-state index contributed by atoms with van der Waals surface area (Å²) in [6.07, 6.45) is -4.06. The average molecular weight is 1690 g/mol. The largest absolute Gasteiger partial charge is 0.493 e. The van der Waals surface area contributed by atoms with E-state index >= 15 is 0 Å². The molecule has 16 atom stereocenters. The van der Waals surface area contributed by atoms with Gasteiger partial charge in [0.25, 0.3) is 0 Å². The van der Waals surface area contributed by atoms with Crippen LogP contribution in [0.2, 0.25) is 0 Å². The number of cyclic esters (lactones) is 2. The van der Waals surface area contributed by atoms with Gasteiger partial charge in [0.05, 0.1) is 147 Å². The molecule has 34 heteroatoms. The molecule has 0 aromatic heterocycles. The van der Waals surface area contributed by atoms with Gasteiger partial charge in [-0.05, 0) is 164 Å². The minimum absolute atomic E-state index is 0.0367. The fourth-order valence-corrected chi connectivity index (χ4v) is 18.8. The molecule has 6 heterocycles. The topological polar surface area (TPSA) is 433 Å². The second-order valence-corrected chi connectivity index (χ2v) is 29.9. The van der Waals surface area contributed by atoms with Gasteiger partial charge >= 0.3 is 23.9 Å². The molecule has 18 rings (SSSR count). The Kier molecular flexibility index (Phi) is 24.1. The van der Waals surface area contributed by atoms with Crippen molar-refractivity contribution in [2.24, 2.45) is 47.3 Å². The molecule has 0 amide bonds. The summed E-state index contributed by atoms with van der Waals surface area (Å²) in [5.41, 5.74) is 7.86. The number of rotatable bonds is 20. The molecule has 34 nitrogen and oxygen atoms in total. The fraction of sp³-hybridized carbons (Fsp3) is 0.409. The summed E-state index contributed by atoms with van der Waals surface area (Å²) in [5.74, 6) is -1.75. The minimum atomic E-state index is -1.19. The molecule has 0 spiro atoms. The molecule has 0 bridgehead atoms. The summed E-state index contributed by atoms with van der Waals surface area (Å²) in [6.45, 7) is -0.362. The Morgan fingerprint density at radius 3 is 0.705 bits per heavy atom. The zero-order valence-electron chi connectivity index (χ0n) is 68.3. The predicted molar refractivity (Wildman–Crippen MR) is 421 cm³/mol. The Morgan fingerprint density at radius 1 is 0.295 bits per heavy atom. The van der Waals surface area contributed by atoms with Crippen LogP contribution in [0.3, 0.4) is 0 Å². The van der Waals surface area contributed by atoms with Crippen LogP contribution in [0.5, 0.6) is 115 Å². The lowest BCUT2D eigenvalue weighted by Crippen LogP contribution is -2.40. The maximum absolute atomic E-state index is 12.7. The molecule has 2 saturated heterocycles. The molecule has 2 fully saturated rings. The highest BCUT2D eigenvalue weighted by molar-refractivity contribution is 5.81. The van der Waals surface area contributed by atoms with Crippen LogP contribution < -0.4 is 94.7 Å². The highest BCUT2D eigenvalue weighted by Crippen LogP contribution is 2.61. The van der Waals surface area contributed by atoms with Crippen molar-refractivity contribution in [2.45, 2.75) is 48.1 Å². The summed E-state index contributed by atoms with van der Waals surface area (Å²) in [6, 6.07) is 28.0. The van der Waals surface area contributed by atoms with Gasteiger partial charge in [-0.1, -0.05) is 0 Å². The lowest BCUT2D eigenvalue weighted by atomic mass is 9.65. The Morgan fingerprint density at radius 2 is 0.500 bits per heavy atom. The van der Waals surface area contributed by atoms with Crippen LogP contribution in [0, 0.1) is 47.3 Å². The van der Waals surface area contributed by atoms with Gasteiger partial charge in [-0.15, -0.1) is 0 Å². The summed E-state index contributed by atoms with van der Waals surface area (Å²) in [7, 11) is 18.1. The number of hydrogen-bond donors (Lipinski definition) is 8. The first-order valence-corrected chi connectivity index (χ1v) is 38.7. The number of carbonyl (C=O) groups is 4. The minimum Gasteiger partial charge on any atom is -0.493 e. The number of aliphatic hydroxyl groups is 6. The number of aliphatic hydroxyl groups excluding tert-OH is 6. The average Bonchev–Trinajstić information content (AvgIpc) is 1.34. The summed E-state index contributed by atoms with van der Waals surface area (Å²) >= 11 is 0. The first-order chi connectivity index (χ1) is 59.0. The van der Waals surface area contributed by atoms with Crippen molar-refractivity contribution in [2.75, 3.05) is 139 Å². The van der Waals surface area contributed by atoms with E-state index in [1.54, 1.807) is 89.1 Å². The number of carbonyl (C=O) groups excluding carboxylic acids is 2. The van der Waals surface area contributed by atoms with E-state index in [0.29, 0.717) is 159 Å². The molecule has 4 aliphatic carbocycles. The van der Waals surface area contributed by atoms with E-state index in [1.807, 2.05) is 36.4 Å². The van der Waals surface area contributed by atoms with Crippen LogP contribution in [0.4, 0.5) is 0 Å². The van der Waals surface area contributed by atoms with Crippen molar-refractivity contribution in [3.8, 4) is 115 Å². The summed E-state index contributed by atoms with van der Waals surface area (Å²) in [4.78, 5) is 50.2. The van der Waals surface area contributed by atoms with E-state index in [2.05, 4.69) is 0 Å². The summed E-state index contributed by atoms with van der Waals surface area (Å²) < 4.78 is 120. The smallest absolute Gasteiger partial charge is 0.310 e. The van der Waals surface area contributed by atoms with Crippen molar-refractivity contribution < 1.29 is 164 Å². The lowest BCUT2D eigenvalue weighted by Gasteiger charge is -2.40. The van der Waals surface area contributed by atoms with Gasteiger partial charge in [-0.3, -0.25) is 19.2 Å². The van der Waals surface area contributed by atoms with Crippen molar-refractivity contribution in [1.29, 1.82) is 0 Å². The Bertz CT molecular complexity index is 4910. The quantitative estimate of drug-likeness (QED) is 0.0331. The van der Waals surface area contributed by atoms with Gasteiger partial charge in [0.1, 0.15) is 0 Å². The number of aliphatic carboxylic acids is 2. The maximum Gasteiger partial charge on any atom is 0.310 e. The zero-order chi connectivity index (χ0) is 86.5. The van der Waals surface area contributed by atoms with E-state index < -0.39 is 96.9 Å². The Balaban J connectivity index is 0.000000126. The highest BCUT2D eigenvalue weighted by Gasteiger charge is 2.56. The van der Waals surface area contributed by atoms with Gasteiger partial charge < -0.3 is 145 Å². The van der Waals surface area contributed by atoms with Crippen molar-refractivity contribution in [3.63, 3.8) is 0 Å². The third-order valence-corrected chi connectivity index (χ3v) is 24.4. The first kappa shape index (κ1) is 84.4. The molecule has 16 unspecified atom stereocenters. The Hall–Kier alpha value is -12.6. The highest BCUT2D eigenvalue weighted by atomic mass is 16.7. The monoisotopic (exact) mass is 1690 g/mol. The van der Waals surface area contributed by atoms with Crippen LogP contribution in [0.25, 0.3) is 0 Å². The predicted octanol–water partition coefficient (Wildman–Crippen LogP) is 8.68. The molecule has 8 aromatic rings. The molecule has 0 saturated carbocycles. The third kappa shape index (κ3) is 14.5. The first-order valence-electron chi connectivity index (χ1n) is 38.7. The van der Waals surface area contributed by atoms with Crippen molar-refractivity contribution in [1.82, 2.24) is 0 Å². The van der Waals surface area contributed by atoms with E-state index in [9.17, 15) is 60.0 Å². The second kappa shape index (κ2) is 34.9. The number of carboxylic acid groups (broad SMARTS) is 2. The van der Waals surface area contributed by atoms with Gasteiger partial charge in [-0.2, -0.15) is 0 Å². The van der Waals surface area contributed by atoms with Crippen LogP contribution >= 0.6 is 0 Å². The van der Waals surface area contributed by atoms with Gasteiger partial charge in [0, 0.05) is 60.6 Å². The molecular weight excluding hydrogens is 1600 g/mol. The molecule has 122 heavy (non-hydrogen) atoms. The van der Waals surface area contributed by atoms with Gasteiger partial charge in [-0.25, -0.2) is 0 Å². The van der Waals surface area contributed by atoms with E-state index in [1.165, 1.54) is 56.9 Å². The van der Waals surface area contributed by atoms with Gasteiger partial charge in [0.2, 0.25) is 50.2 Å². The van der Waals surface area contributed by atoms with Crippen LogP contribution in [0.1, 0.15) is 115 Å². The molecule has 8 aromatic carbocycles. The number of benzene rings is 8. The molecule has 10 aliphatic rings. The van der Waals surface area contributed by atoms with Crippen molar-refractivity contribution in [3.05, 3.63) is 164 Å². The fourth-order valence-electron chi connectivity index (χ4n) is 18.8. The number of esters is 2. The van der Waals surface area contributed by atoms with E-state index in [-0.39, 0.29) is 76.0 Å². The SMILES string of the molecule is COc1cc(C2c3cc4c(cc3C(O)C(CO)C2C(=O)O)OCO4)cc(OC)c1OC.COc1cc(C2c3cc4c(cc3C(O)C(CO)C2C(=O)O)OCO4)cc(OC)c1OC.COc1cc(C2c3cc4c(cc3C(O)C3COC(=O)C23)OCO4)cc(OC)c1OC.COc1cc(C2c3cc4c(cc3C(O)C3COC(=O)C23)OCO4)cc(OC)c1OC. The van der Waals surface area contributed by atoms with Crippen LogP contribution in [0.15, 0.2) is 97.1 Å². The standard InChI is InChI=1S/2C22H24O9.2C22H22O8/c2*1-27-16-4-10(5-17(28-2)21(16)29-3)18-11-6-14-15(31-9-30-14)7-12(11)20(24)13(8-23)19(18)22(25)26;2*1-25-16-4-10(5-17(26-2)21(16)27-3)18-11-6-14-15(30-9-29-14)7-12(11)20(23)13-8-28-22(24)19(13)18/h2*4-7,13,18-20,23-24H,8-9H2,1-3H3,(H,25,26);2*4-7,13,18-20,23H,8-9H2,1-3H3. The van der Waals surface area contributed by atoms with Crippen LogP contribution in [-0.4, -0.2) is 204 Å². The number of methoxy groups -OCH3 is 12. The molecule has 648 valence electrons. The molecular formula is C88H92O34. The second-order valence-electron chi connectivity index (χ2n) is 29.9. The number of hydrogen-bond acceptors (Lipinski definition) is 32. The normalized spacial score (nSPS) is 24.8. The number of carboxylic acids is 2. The zero-order valence-corrected chi connectivity index (χ0v) is 68.3. The Labute approximate surface area is 698 Å². The number of fused-ring (bicyclic) bond motifs is 10. The van der Waals surface area contributed by atoms with Crippen molar-refractivity contribution >= 4 is 23.9 Å². The molecule has 6 aliphatic heterocycles. The van der Waals surface area contributed by atoms with E-state index in [0.717, 1.165) is 22.3 Å². The van der Waals surface area contributed by atoms with Crippen LogP contribution in [-0.2, 0) is 28.7 Å². The lowest BCUT2D eigenvalue weighted by molar-refractivity contribution is -0.149. The van der Waals surface area contributed by atoms with Gasteiger partial charge in [0.15, 0.2) is 92.0 Å². The summed E-state index contributed by atoms with van der Waals surface area (Å²) in [5, 5.41) is 84.1.